The van der Waals surface area contributed by atoms with Crippen molar-refractivity contribution in [3.63, 3.8) is 0 Å². The average molecular weight is 881 g/mol. The number of para-hydroxylation sites is 5. The zero-order valence-electron chi connectivity index (χ0n) is 37.3. The van der Waals surface area contributed by atoms with Gasteiger partial charge in [-0.25, -0.2) is 4.98 Å². The lowest BCUT2D eigenvalue weighted by molar-refractivity contribution is 0.953. The molecule has 0 amide bonds. The van der Waals surface area contributed by atoms with E-state index in [1.54, 1.807) is 0 Å². The predicted octanol–water partition coefficient (Wildman–Crippen LogP) is 15.8. The van der Waals surface area contributed by atoms with Gasteiger partial charge in [0.25, 0.3) is 0 Å². The van der Waals surface area contributed by atoms with Crippen molar-refractivity contribution in [2.24, 2.45) is 0 Å². The topological polar surface area (TPSA) is 53.5 Å². The smallest absolute Gasteiger partial charge is 0.238 e. The summed E-state index contributed by atoms with van der Waals surface area (Å²) < 4.78 is 7.00. The maximum absolute atomic E-state index is 5.52. The third kappa shape index (κ3) is 6.23. The largest absolute Gasteiger partial charge is 0.309 e. The van der Waals surface area contributed by atoms with Gasteiger partial charge in [-0.05, 0) is 76.9 Å². The minimum absolute atomic E-state index is 0.543. The summed E-state index contributed by atoms with van der Waals surface area (Å²) in [6, 6.07) is 86.2. The summed E-state index contributed by atoms with van der Waals surface area (Å²) in [5.41, 5.74) is 15.1. The van der Waals surface area contributed by atoms with E-state index in [1.807, 2.05) is 0 Å². The van der Waals surface area contributed by atoms with Crippen LogP contribution in [0.3, 0.4) is 0 Å². The molecule has 0 atom stereocenters. The highest BCUT2D eigenvalue weighted by molar-refractivity contribution is 6.23. The molecule has 0 saturated heterocycles. The fraction of sp³-hybridized carbons (Fsp3) is 0. The van der Waals surface area contributed by atoms with Crippen LogP contribution in [0.5, 0.6) is 0 Å². The van der Waals surface area contributed by atoms with Gasteiger partial charge in [-0.1, -0.05) is 188 Å². The first-order chi connectivity index (χ1) is 34.2. The number of nitrogens with zero attached hydrogens (tertiary/aromatic N) is 6. The Hall–Kier alpha value is -9.39. The van der Waals surface area contributed by atoms with Crippen LogP contribution in [-0.2, 0) is 0 Å². The Morgan fingerprint density at radius 3 is 1.26 bits per heavy atom. The molecule has 322 valence electrons. The molecule has 0 aliphatic rings. The average Bonchev–Trinajstić information content (AvgIpc) is 4.07. The quantitative estimate of drug-likeness (QED) is 0.160. The molecule has 0 bridgehead atoms. The minimum atomic E-state index is 0.543. The third-order valence-corrected chi connectivity index (χ3v) is 13.7. The molecule has 6 nitrogen and oxygen atoms in total. The molecule has 0 fully saturated rings. The Morgan fingerprint density at radius 2 is 0.638 bits per heavy atom. The number of benzene rings is 10. The van der Waals surface area contributed by atoms with Gasteiger partial charge in [0.05, 0.1) is 33.1 Å². The Balaban J connectivity index is 1.03. The van der Waals surface area contributed by atoms with Crippen molar-refractivity contribution in [1.29, 1.82) is 0 Å². The van der Waals surface area contributed by atoms with Crippen LogP contribution in [0.25, 0.3) is 128 Å². The van der Waals surface area contributed by atoms with Crippen LogP contribution in [0.1, 0.15) is 0 Å². The number of hydrogen-bond donors (Lipinski definition) is 0. The van der Waals surface area contributed by atoms with Crippen molar-refractivity contribution in [2.45, 2.75) is 0 Å². The maximum Gasteiger partial charge on any atom is 0.238 e. The summed E-state index contributed by atoms with van der Waals surface area (Å²) in [4.78, 5) is 16.4. The highest BCUT2D eigenvalue weighted by Crippen LogP contribution is 2.42. The molecule has 14 aromatic rings. The van der Waals surface area contributed by atoms with Crippen molar-refractivity contribution in [3.8, 4) is 62.4 Å². The van der Waals surface area contributed by atoms with Crippen LogP contribution >= 0.6 is 0 Å². The van der Waals surface area contributed by atoms with Crippen LogP contribution in [-0.4, -0.2) is 28.7 Å². The first kappa shape index (κ1) is 38.8. The molecule has 0 spiro atoms. The number of rotatable bonds is 7. The van der Waals surface area contributed by atoms with E-state index in [1.165, 1.54) is 21.9 Å². The molecule has 0 N–H and O–H groups in total. The normalized spacial score (nSPS) is 11.8. The van der Waals surface area contributed by atoms with Gasteiger partial charge in [0.1, 0.15) is 0 Å². The molecular formula is C63H40N6. The van der Waals surface area contributed by atoms with Gasteiger partial charge >= 0.3 is 0 Å². The van der Waals surface area contributed by atoms with Crippen LogP contribution in [0, 0.1) is 0 Å². The highest BCUT2D eigenvalue weighted by atomic mass is 15.2. The van der Waals surface area contributed by atoms with Gasteiger partial charge in [-0.3, -0.25) is 4.57 Å². The molecule has 0 unspecified atom stereocenters. The van der Waals surface area contributed by atoms with Gasteiger partial charge < -0.3 is 9.13 Å². The monoisotopic (exact) mass is 880 g/mol. The van der Waals surface area contributed by atoms with E-state index in [2.05, 4.69) is 256 Å². The summed E-state index contributed by atoms with van der Waals surface area (Å²) in [6.07, 6.45) is 0. The molecule has 6 heteroatoms. The van der Waals surface area contributed by atoms with E-state index in [0.29, 0.717) is 17.6 Å². The van der Waals surface area contributed by atoms with Gasteiger partial charge in [0.15, 0.2) is 11.6 Å². The van der Waals surface area contributed by atoms with Crippen LogP contribution in [0.15, 0.2) is 243 Å². The molecule has 0 aliphatic carbocycles. The molecule has 4 aromatic heterocycles. The van der Waals surface area contributed by atoms with Crippen LogP contribution in [0.4, 0.5) is 0 Å². The second kappa shape index (κ2) is 15.6. The molecule has 14 rings (SSSR count). The van der Waals surface area contributed by atoms with Gasteiger partial charge in [-0.15, -0.1) is 0 Å². The van der Waals surface area contributed by atoms with E-state index >= 15 is 0 Å². The lowest BCUT2D eigenvalue weighted by atomic mass is 9.98. The summed E-state index contributed by atoms with van der Waals surface area (Å²) in [5.74, 6) is 1.72. The van der Waals surface area contributed by atoms with Gasteiger partial charge in [-0.2, -0.15) is 9.97 Å². The van der Waals surface area contributed by atoms with Crippen molar-refractivity contribution in [1.82, 2.24) is 28.7 Å². The number of aromatic nitrogens is 6. The standard InChI is InChI=1S/C63H40N6/c1-4-17-41(18-5-1)44-19-16-20-45(39-44)42-31-33-43(34-32-42)61-64-62(46-35-36-52-49-25-10-13-28-55(49)67(58(52)40-46)47-21-6-2-7-22-47)66-63(65-61)69-57-30-15-12-27-51(57)54-38-37-53-50-26-11-14-29-56(50)68(59(53)60(54)69)48-23-8-3-9-24-48/h1-40H. The number of hydrogen-bond acceptors (Lipinski definition) is 3. The second-order valence-electron chi connectivity index (χ2n) is 17.6. The second-order valence-corrected chi connectivity index (χ2v) is 17.6. The van der Waals surface area contributed by atoms with Gasteiger partial charge in [0.2, 0.25) is 5.95 Å². The summed E-state index contributed by atoms with van der Waals surface area (Å²) in [7, 11) is 0. The fourth-order valence-corrected chi connectivity index (χ4v) is 10.6. The van der Waals surface area contributed by atoms with Gasteiger partial charge in [0, 0.05) is 54.8 Å². The third-order valence-electron chi connectivity index (χ3n) is 13.7. The molecular weight excluding hydrogens is 841 g/mol. The Bertz CT molecular complexity index is 4280. The maximum atomic E-state index is 5.52. The minimum Gasteiger partial charge on any atom is -0.309 e. The fourth-order valence-electron chi connectivity index (χ4n) is 10.6. The molecule has 10 aromatic carbocycles. The van der Waals surface area contributed by atoms with Crippen LogP contribution < -0.4 is 0 Å². The van der Waals surface area contributed by atoms with Crippen molar-refractivity contribution >= 4 is 65.4 Å². The zero-order chi connectivity index (χ0) is 45.4. The van der Waals surface area contributed by atoms with E-state index < -0.39 is 0 Å². The van der Waals surface area contributed by atoms with Crippen molar-refractivity contribution in [3.05, 3.63) is 243 Å². The van der Waals surface area contributed by atoms with Crippen molar-refractivity contribution < 1.29 is 0 Å². The van der Waals surface area contributed by atoms with E-state index in [0.717, 1.165) is 88.3 Å². The summed E-state index contributed by atoms with van der Waals surface area (Å²) >= 11 is 0. The van der Waals surface area contributed by atoms with E-state index in [9.17, 15) is 0 Å². The van der Waals surface area contributed by atoms with Crippen LogP contribution in [0.2, 0.25) is 0 Å². The Morgan fingerprint density at radius 1 is 0.232 bits per heavy atom. The lowest BCUT2D eigenvalue weighted by Crippen LogP contribution is -2.07. The first-order valence-electron chi connectivity index (χ1n) is 23.4. The zero-order valence-corrected chi connectivity index (χ0v) is 37.3. The number of fused-ring (bicyclic) bond motifs is 10. The van der Waals surface area contributed by atoms with E-state index in [4.69, 9.17) is 15.0 Å². The molecule has 69 heavy (non-hydrogen) atoms. The SMILES string of the molecule is c1ccc(-c2cccc(-c3ccc(-c4nc(-c5ccc6c7ccccc7n(-c7ccccc7)c6c5)nc(-n5c6ccccc6c6ccc7c8ccccc8n(-c8ccccc8)c7c65)n4)cc3)c2)cc1. The van der Waals surface area contributed by atoms with E-state index in [-0.39, 0.29) is 0 Å². The molecule has 0 aliphatic heterocycles. The molecule has 0 radical (unpaired) electrons. The first-order valence-corrected chi connectivity index (χ1v) is 23.4. The Kier molecular flexibility index (Phi) is 8.79. The molecule has 4 heterocycles. The lowest BCUT2D eigenvalue weighted by Gasteiger charge is -2.14. The predicted molar refractivity (Wildman–Crippen MR) is 285 cm³/mol. The molecule has 0 saturated carbocycles. The highest BCUT2D eigenvalue weighted by Gasteiger charge is 2.24. The van der Waals surface area contributed by atoms with Crippen molar-refractivity contribution in [2.75, 3.05) is 0 Å². The summed E-state index contributed by atoms with van der Waals surface area (Å²) in [6.45, 7) is 0. The Labute approximate surface area is 397 Å². The summed E-state index contributed by atoms with van der Waals surface area (Å²) in [5, 5.41) is 6.95.